The summed E-state index contributed by atoms with van der Waals surface area (Å²) in [5.41, 5.74) is 4.54. The zero-order valence-electron chi connectivity index (χ0n) is 16.1. The number of fused-ring (bicyclic) bond motifs is 2. The average Bonchev–Trinajstić information content (AvgIpc) is 3.38. The first kappa shape index (κ1) is 17.8. The Morgan fingerprint density at radius 3 is 2.83 bits per heavy atom. The highest BCUT2D eigenvalue weighted by Gasteiger charge is 2.25. The number of nitrogens with zero attached hydrogens (tertiary/aromatic N) is 2. The highest BCUT2D eigenvalue weighted by molar-refractivity contribution is 5.92. The van der Waals surface area contributed by atoms with E-state index in [4.69, 9.17) is 14.2 Å². The van der Waals surface area contributed by atoms with Crippen molar-refractivity contribution in [3.8, 4) is 11.5 Å². The van der Waals surface area contributed by atoms with Crippen molar-refractivity contribution in [3.63, 3.8) is 0 Å². The molecule has 1 atom stereocenters. The lowest BCUT2D eigenvalue weighted by molar-refractivity contribution is -0.00128. The summed E-state index contributed by atoms with van der Waals surface area (Å²) in [5.74, 6) is 1.29. The molecule has 2 aliphatic rings. The molecule has 2 aliphatic heterocycles. The molecule has 0 radical (unpaired) electrons. The van der Waals surface area contributed by atoms with Crippen molar-refractivity contribution in [3.05, 3.63) is 76.6 Å². The van der Waals surface area contributed by atoms with Crippen LogP contribution in [0.4, 0.5) is 0 Å². The molecule has 1 amide bonds. The summed E-state index contributed by atoms with van der Waals surface area (Å²) in [5, 5.41) is 7.42. The Labute approximate surface area is 168 Å². The van der Waals surface area contributed by atoms with Crippen molar-refractivity contribution in [1.82, 2.24) is 15.1 Å². The number of carbonyl (C=O) groups is 1. The van der Waals surface area contributed by atoms with Crippen LogP contribution in [-0.4, -0.2) is 22.5 Å². The van der Waals surface area contributed by atoms with Crippen LogP contribution in [0.5, 0.6) is 11.5 Å². The molecule has 2 aromatic carbocycles. The van der Waals surface area contributed by atoms with Gasteiger partial charge in [-0.1, -0.05) is 35.9 Å². The van der Waals surface area contributed by atoms with Crippen molar-refractivity contribution in [1.29, 1.82) is 0 Å². The maximum Gasteiger partial charge on any atom is 0.272 e. The number of benzene rings is 2. The molecule has 0 saturated heterocycles. The molecule has 1 aromatic heterocycles. The lowest BCUT2D eigenvalue weighted by Gasteiger charge is -2.24. The number of aromatic nitrogens is 2. The summed E-state index contributed by atoms with van der Waals surface area (Å²) < 4.78 is 18.7. The lowest BCUT2D eigenvalue weighted by atomic mass is 10.1. The second-order valence-corrected chi connectivity index (χ2v) is 7.28. The van der Waals surface area contributed by atoms with Gasteiger partial charge in [-0.25, -0.2) is 0 Å². The van der Waals surface area contributed by atoms with E-state index in [1.165, 1.54) is 5.56 Å². The van der Waals surface area contributed by atoms with Crippen LogP contribution in [0.25, 0.3) is 0 Å². The summed E-state index contributed by atoms with van der Waals surface area (Å²) >= 11 is 0. The summed E-state index contributed by atoms with van der Waals surface area (Å²) in [6.45, 7) is 3.70. The number of aryl methyl sites for hydroxylation is 1. The molecule has 3 heterocycles. The van der Waals surface area contributed by atoms with Crippen molar-refractivity contribution >= 4 is 5.91 Å². The summed E-state index contributed by atoms with van der Waals surface area (Å²) in [6, 6.07) is 15.7. The number of nitrogens with one attached hydrogen (secondary N) is 1. The first-order valence-corrected chi connectivity index (χ1v) is 9.57. The van der Waals surface area contributed by atoms with E-state index >= 15 is 0 Å². The minimum atomic E-state index is -0.188. The van der Waals surface area contributed by atoms with Crippen molar-refractivity contribution < 1.29 is 19.0 Å². The summed E-state index contributed by atoms with van der Waals surface area (Å²) in [7, 11) is 0. The Balaban J connectivity index is 1.26. The van der Waals surface area contributed by atoms with E-state index in [1.54, 1.807) is 6.07 Å². The fourth-order valence-electron chi connectivity index (χ4n) is 3.53. The van der Waals surface area contributed by atoms with Gasteiger partial charge >= 0.3 is 0 Å². The highest BCUT2D eigenvalue weighted by atomic mass is 16.7. The van der Waals surface area contributed by atoms with Gasteiger partial charge in [0, 0.05) is 6.54 Å². The monoisotopic (exact) mass is 391 g/mol. The van der Waals surface area contributed by atoms with Gasteiger partial charge in [0.15, 0.2) is 17.2 Å². The van der Waals surface area contributed by atoms with Crippen LogP contribution < -0.4 is 14.8 Å². The summed E-state index contributed by atoms with van der Waals surface area (Å²) in [6.07, 6.45) is -0.152. The minimum absolute atomic E-state index is 0.152. The first-order valence-electron chi connectivity index (χ1n) is 9.57. The fourth-order valence-corrected chi connectivity index (χ4v) is 3.53. The standard InChI is InChI=1S/C22H21N3O4/c1-14-2-4-15(5-3-14)10-23-22(26)18-9-17-12-27-21(11-25(17)24-18)16-6-7-19-20(8-16)29-13-28-19/h2-9,21H,10-13H2,1H3,(H,23,26)/t21-/m1/s1. The van der Waals surface area contributed by atoms with Crippen LogP contribution in [0, 0.1) is 6.92 Å². The zero-order chi connectivity index (χ0) is 19.8. The maximum absolute atomic E-state index is 12.5. The Kier molecular flexibility index (Phi) is 4.44. The van der Waals surface area contributed by atoms with Crippen LogP contribution in [0.1, 0.15) is 39.0 Å². The SMILES string of the molecule is Cc1ccc(CNC(=O)c2cc3n(n2)C[C@H](c2ccc4c(c2)OCO4)OC3)cc1. The van der Waals surface area contributed by atoms with Crippen LogP contribution in [-0.2, 0) is 24.4 Å². The topological polar surface area (TPSA) is 74.6 Å². The van der Waals surface area contributed by atoms with Crippen LogP contribution >= 0.6 is 0 Å². The van der Waals surface area contributed by atoms with E-state index in [0.717, 1.165) is 28.3 Å². The van der Waals surface area contributed by atoms with Crippen LogP contribution in [0.15, 0.2) is 48.5 Å². The van der Waals surface area contributed by atoms with E-state index in [-0.39, 0.29) is 18.8 Å². The molecule has 7 heteroatoms. The molecular weight excluding hydrogens is 370 g/mol. The van der Waals surface area contributed by atoms with Gasteiger partial charge in [0.05, 0.1) is 18.8 Å². The molecule has 0 saturated carbocycles. The van der Waals surface area contributed by atoms with E-state index in [2.05, 4.69) is 10.4 Å². The Morgan fingerprint density at radius 2 is 1.97 bits per heavy atom. The fraction of sp³-hybridized carbons (Fsp3) is 0.273. The van der Waals surface area contributed by atoms with Gasteiger partial charge in [-0.15, -0.1) is 0 Å². The largest absolute Gasteiger partial charge is 0.454 e. The van der Waals surface area contributed by atoms with E-state index in [1.807, 2.05) is 54.1 Å². The molecule has 1 N–H and O–H groups in total. The third-order valence-electron chi connectivity index (χ3n) is 5.21. The van der Waals surface area contributed by atoms with Crippen LogP contribution in [0.3, 0.4) is 0 Å². The van der Waals surface area contributed by atoms with E-state index in [0.29, 0.717) is 25.4 Å². The van der Waals surface area contributed by atoms with Gasteiger partial charge in [0.25, 0.3) is 5.91 Å². The molecule has 7 nitrogen and oxygen atoms in total. The highest BCUT2D eigenvalue weighted by Crippen LogP contribution is 2.36. The normalized spacial score (nSPS) is 17.1. The Morgan fingerprint density at radius 1 is 1.14 bits per heavy atom. The number of ether oxygens (including phenoxy) is 3. The van der Waals surface area contributed by atoms with Gasteiger partial charge in [-0.3, -0.25) is 9.48 Å². The minimum Gasteiger partial charge on any atom is -0.454 e. The predicted octanol–water partition coefficient (Wildman–Crippen LogP) is 3.12. The third-order valence-corrected chi connectivity index (χ3v) is 5.21. The Hall–Kier alpha value is -3.32. The van der Waals surface area contributed by atoms with Crippen molar-refractivity contribution in [2.75, 3.05) is 6.79 Å². The van der Waals surface area contributed by atoms with Crippen LogP contribution in [0.2, 0.25) is 0 Å². The average molecular weight is 391 g/mol. The molecule has 0 fully saturated rings. The van der Waals surface area contributed by atoms with Gasteiger partial charge in [0.1, 0.15) is 6.10 Å². The van der Waals surface area contributed by atoms with E-state index in [9.17, 15) is 4.79 Å². The molecule has 0 aliphatic carbocycles. The molecule has 0 unspecified atom stereocenters. The quantitative estimate of drug-likeness (QED) is 0.740. The second-order valence-electron chi connectivity index (χ2n) is 7.28. The van der Waals surface area contributed by atoms with Crippen molar-refractivity contribution in [2.24, 2.45) is 0 Å². The molecule has 3 aromatic rings. The van der Waals surface area contributed by atoms with E-state index < -0.39 is 0 Å². The zero-order valence-corrected chi connectivity index (χ0v) is 16.1. The van der Waals surface area contributed by atoms with Gasteiger partial charge in [0.2, 0.25) is 6.79 Å². The third kappa shape index (κ3) is 3.56. The Bertz CT molecular complexity index is 1060. The second kappa shape index (κ2) is 7.25. The number of rotatable bonds is 4. The first-order chi connectivity index (χ1) is 14.2. The molecule has 0 spiro atoms. The maximum atomic E-state index is 12.5. The predicted molar refractivity (Wildman–Crippen MR) is 105 cm³/mol. The lowest BCUT2D eigenvalue weighted by Crippen LogP contribution is -2.24. The number of hydrogen-bond acceptors (Lipinski definition) is 5. The van der Waals surface area contributed by atoms with Gasteiger partial charge in [-0.05, 0) is 36.2 Å². The molecule has 0 bridgehead atoms. The van der Waals surface area contributed by atoms with Gasteiger partial charge < -0.3 is 19.5 Å². The molecular formula is C22H21N3O4. The number of amides is 1. The number of hydrogen-bond donors (Lipinski definition) is 1. The molecule has 148 valence electrons. The smallest absolute Gasteiger partial charge is 0.272 e. The molecule has 29 heavy (non-hydrogen) atoms. The molecule has 5 rings (SSSR count). The number of carbonyl (C=O) groups excluding carboxylic acids is 1. The van der Waals surface area contributed by atoms with Crippen molar-refractivity contribution in [2.45, 2.75) is 32.7 Å². The summed E-state index contributed by atoms with van der Waals surface area (Å²) in [4.78, 5) is 12.5. The van der Waals surface area contributed by atoms with Gasteiger partial charge in [-0.2, -0.15) is 5.10 Å².